The minimum absolute atomic E-state index is 0.220. The Balaban J connectivity index is 2.29. The number of carboxylic acids is 1. The average molecular weight is 215 g/mol. The Bertz CT molecular complexity index is 296. The lowest BCUT2D eigenvalue weighted by Gasteiger charge is -2.40. The SMILES string of the molecule is CC1C2C(O)CC2N(C(=O)O)C1C(=O)O. The topological polar surface area (TPSA) is 98.1 Å². The molecule has 2 rings (SSSR count). The first-order valence-corrected chi connectivity index (χ1v) is 4.87. The zero-order valence-corrected chi connectivity index (χ0v) is 8.20. The van der Waals surface area contributed by atoms with E-state index in [-0.39, 0.29) is 17.9 Å². The van der Waals surface area contributed by atoms with Gasteiger partial charge in [-0.2, -0.15) is 0 Å². The summed E-state index contributed by atoms with van der Waals surface area (Å²) in [5.74, 6) is -1.68. The maximum atomic E-state index is 11.0. The molecule has 1 saturated heterocycles. The van der Waals surface area contributed by atoms with Crippen molar-refractivity contribution in [2.24, 2.45) is 11.8 Å². The van der Waals surface area contributed by atoms with Crippen LogP contribution >= 0.6 is 0 Å². The highest BCUT2D eigenvalue weighted by atomic mass is 16.4. The predicted molar refractivity (Wildman–Crippen MR) is 48.4 cm³/mol. The summed E-state index contributed by atoms with van der Waals surface area (Å²) in [6, 6.07) is -1.34. The van der Waals surface area contributed by atoms with Crippen molar-refractivity contribution >= 4 is 12.1 Å². The van der Waals surface area contributed by atoms with Gasteiger partial charge >= 0.3 is 12.1 Å². The molecule has 5 atom stereocenters. The number of hydrogen-bond donors (Lipinski definition) is 3. The molecule has 2 aliphatic rings. The molecule has 0 aromatic heterocycles. The minimum atomic E-state index is -1.21. The van der Waals surface area contributed by atoms with Gasteiger partial charge in [0.05, 0.1) is 6.10 Å². The molecule has 0 radical (unpaired) electrons. The van der Waals surface area contributed by atoms with Crippen LogP contribution in [0, 0.1) is 11.8 Å². The van der Waals surface area contributed by atoms with Crippen LogP contribution in [-0.4, -0.2) is 50.5 Å². The van der Waals surface area contributed by atoms with Crippen molar-refractivity contribution in [3.8, 4) is 0 Å². The Hall–Kier alpha value is -1.30. The van der Waals surface area contributed by atoms with Crippen molar-refractivity contribution in [1.82, 2.24) is 4.90 Å². The van der Waals surface area contributed by atoms with Gasteiger partial charge in [0.2, 0.25) is 0 Å². The molecule has 0 aromatic carbocycles. The molecule has 3 N–H and O–H groups in total. The van der Waals surface area contributed by atoms with E-state index in [9.17, 15) is 14.7 Å². The number of nitrogens with zero attached hydrogens (tertiary/aromatic N) is 1. The third-order valence-electron chi connectivity index (χ3n) is 3.61. The number of likely N-dealkylation sites (tertiary alicyclic amines) is 1. The number of aliphatic hydroxyl groups excluding tert-OH is 1. The van der Waals surface area contributed by atoms with Crippen molar-refractivity contribution in [2.75, 3.05) is 0 Å². The standard InChI is InChI=1S/C9H13NO5/c1-3-6-4(2-5(6)11)10(9(14)15)7(3)8(12)13/h3-7,11H,2H2,1H3,(H,12,13)(H,14,15). The van der Waals surface area contributed by atoms with E-state index in [2.05, 4.69) is 0 Å². The summed E-state index contributed by atoms with van der Waals surface area (Å²) in [4.78, 5) is 22.9. The second kappa shape index (κ2) is 3.10. The molecule has 1 aliphatic heterocycles. The quantitative estimate of drug-likeness (QED) is 0.563. The fourth-order valence-corrected chi connectivity index (χ4v) is 2.90. The lowest BCUT2D eigenvalue weighted by Crippen LogP contribution is -2.52. The molecule has 1 aliphatic carbocycles. The van der Waals surface area contributed by atoms with E-state index in [1.54, 1.807) is 6.92 Å². The summed E-state index contributed by atoms with van der Waals surface area (Å²) in [6.07, 6.45) is -1.42. The van der Waals surface area contributed by atoms with Crippen LogP contribution in [0.2, 0.25) is 0 Å². The van der Waals surface area contributed by atoms with Crippen molar-refractivity contribution in [3.05, 3.63) is 0 Å². The number of rotatable bonds is 1. The van der Waals surface area contributed by atoms with E-state index in [0.717, 1.165) is 4.90 Å². The van der Waals surface area contributed by atoms with E-state index >= 15 is 0 Å². The Labute approximate surface area is 86.1 Å². The van der Waals surface area contributed by atoms with Crippen LogP contribution in [0.15, 0.2) is 0 Å². The lowest BCUT2D eigenvalue weighted by atomic mass is 9.72. The fourth-order valence-electron chi connectivity index (χ4n) is 2.90. The predicted octanol–water partition coefficient (Wildman–Crippen LogP) is -0.181. The van der Waals surface area contributed by atoms with Crippen molar-refractivity contribution in [2.45, 2.75) is 31.5 Å². The van der Waals surface area contributed by atoms with Crippen molar-refractivity contribution < 1.29 is 24.9 Å². The summed E-state index contributed by atoms with van der Waals surface area (Å²) >= 11 is 0. The van der Waals surface area contributed by atoms with Crippen LogP contribution in [-0.2, 0) is 4.79 Å². The van der Waals surface area contributed by atoms with E-state index in [1.165, 1.54) is 0 Å². The molecule has 6 heteroatoms. The summed E-state index contributed by atoms with van der Waals surface area (Å²) in [7, 11) is 0. The molecule has 0 bridgehead atoms. The number of carbonyl (C=O) groups is 2. The van der Waals surface area contributed by atoms with Gasteiger partial charge in [0, 0.05) is 12.0 Å². The highest BCUT2D eigenvalue weighted by molar-refractivity contribution is 5.81. The average Bonchev–Trinajstić information content (AvgIpc) is 2.31. The molecule has 6 nitrogen and oxygen atoms in total. The van der Waals surface area contributed by atoms with Crippen molar-refractivity contribution in [1.29, 1.82) is 0 Å². The van der Waals surface area contributed by atoms with Crippen LogP contribution in [0.4, 0.5) is 4.79 Å². The zero-order chi connectivity index (χ0) is 11.3. The molecular weight excluding hydrogens is 202 g/mol. The van der Waals surface area contributed by atoms with Gasteiger partial charge in [0.25, 0.3) is 0 Å². The van der Waals surface area contributed by atoms with Gasteiger partial charge in [-0.05, 0) is 12.3 Å². The van der Waals surface area contributed by atoms with E-state index in [4.69, 9.17) is 10.2 Å². The highest BCUT2D eigenvalue weighted by Crippen LogP contribution is 2.47. The summed E-state index contributed by atoms with van der Waals surface area (Å²) in [6.45, 7) is 1.68. The Kier molecular flexibility index (Phi) is 2.11. The van der Waals surface area contributed by atoms with Crippen molar-refractivity contribution in [3.63, 3.8) is 0 Å². The summed E-state index contributed by atoms with van der Waals surface area (Å²) in [5, 5.41) is 27.4. The van der Waals surface area contributed by atoms with Crippen LogP contribution in [0.1, 0.15) is 13.3 Å². The first kappa shape index (κ1) is 10.2. The molecule has 2 fully saturated rings. The normalized spacial score (nSPS) is 43.3. The molecule has 84 valence electrons. The monoisotopic (exact) mass is 215 g/mol. The van der Waals surface area contributed by atoms with Crippen LogP contribution in [0.5, 0.6) is 0 Å². The first-order chi connectivity index (χ1) is 6.95. The van der Waals surface area contributed by atoms with E-state index < -0.39 is 24.2 Å². The van der Waals surface area contributed by atoms with Gasteiger partial charge in [-0.25, -0.2) is 9.59 Å². The number of aliphatic carboxylic acids is 1. The molecular formula is C9H13NO5. The maximum Gasteiger partial charge on any atom is 0.408 e. The van der Waals surface area contributed by atoms with Crippen LogP contribution < -0.4 is 0 Å². The van der Waals surface area contributed by atoms with Gasteiger partial charge in [-0.3, -0.25) is 4.90 Å². The number of carboxylic acid groups (broad SMARTS) is 2. The zero-order valence-electron chi connectivity index (χ0n) is 8.20. The number of hydrogen-bond acceptors (Lipinski definition) is 3. The van der Waals surface area contributed by atoms with Gasteiger partial charge < -0.3 is 15.3 Å². The van der Waals surface area contributed by atoms with Gasteiger partial charge in [0.1, 0.15) is 6.04 Å². The second-order valence-corrected chi connectivity index (χ2v) is 4.28. The van der Waals surface area contributed by atoms with Gasteiger partial charge in [-0.1, -0.05) is 6.92 Å². The Morgan fingerprint density at radius 2 is 1.93 bits per heavy atom. The largest absolute Gasteiger partial charge is 0.480 e. The molecule has 1 saturated carbocycles. The van der Waals surface area contributed by atoms with Gasteiger partial charge in [0.15, 0.2) is 0 Å². The maximum absolute atomic E-state index is 11.0. The molecule has 0 aromatic rings. The molecule has 1 heterocycles. The third kappa shape index (κ3) is 1.21. The first-order valence-electron chi connectivity index (χ1n) is 4.87. The number of amides is 1. The van der Waals surface area contributed by atoms with E-state index in [0.29, 0.717) is 6.42 Å². The summed E-state index contributed by atoms with van der Waals surface area (Å²) < 4.78 is 0. The lowest BCUT2D eigenvalue weighted by molar-refractivity contribution is -0.143. The van der Waals surface area contributed by atoms with Crippen LogP contribution in [0.3, 0.4) is 0 Å². The molecule has 0 spiro atoms. The molecule has 15 heavy (non-hydrogen) atoms. The highest BCUT2D eigenvalue weighted by Gasteiger charge is 2.60. The van der Waals surface area contributed by atoms with Gasteiger partial charge in [-0.15, -0.1) is 0 Å². The fraction of sp³-hybridized carbons (Fsp3) is 0.778. The smallest absolute Gasteiger partial charge is 0.408 e. The number of aliphatic hydroxyl groups is 1. The number of fused-ring (bicyclic) bond motifs is 1. The third-order valence-corrected chi connectivity index (χ3v) is 3.61. The van der Waals surface area contributed by atoms with E-state index in [1.807, 2.05) is 0 Å². The Morgan fingerprint density at radius 3 is 2.33 bits per heavy atom. The Morgan fingerprint density at radius 1 is 1.33 bits per heavy atom. The van der Waals surface area contributed by atoms with Crippen LogP contribution in [0.25, 0.3) is 0 Å². The molecule has 5 unspecified atom stereocenters. The molecule has 1 amide bonds. The minimum Gasteiger partial charge on any atom is -0.480 e. The summed E-state index contributed by atoms with van der Waals surface area (Å²) in [5.41, 5.74) is 0. The second-order valence-electron chi connectivity index (χ2n) is 4.28.